The predicted molar refractivity (Wildman–Crippen MR) is 68.2 cm³/mol. The molecule has 0 fully saturated rings. The molecule has 0 spiro atoms. The Kier molecular flexibility index (Phi) is 4.18. The maximum absolute atomic E-state index is 11.2. The zero-order chi connectivity index (χ0) is 13.7. The van der Waals surface area contributed by atoms with E-state index in [0.29, 0.717) is 29.2 Å². The van der Waals surface area contributed by atoms with E-state index in [1.165, 1.54) is 0 Å². The molecule has 0 radical (unpaired) electrons. The lowest BCUT2D eigenvalue weighted by Gasteiger charge is -2.02. The molecule has 100 valence electrons. The van der Waals surface area contributed by atoms with Crippen LogP contribution in [0.1, 0.15) is 29.3 Å². The smallest absolute Gasteiger partial charge is 0.309 e. The highest BCUT2D eigenvalue weighted by molar-refractivity contribution is 5.84. The summed E-state index contributed by atoms with van der Waals surface area (Å²) in [5.74, 6) is 0.859. The number of esters is 1. The second-order valence-corrected chi connectivity index (χ2v) is 3.86. The number of rotatable bonds is 5. The molecule has 19 heavy (non-hydrogen) atoms. The van der Waals surface area contributed by atoms with E-state index in [1.807, 2.05) is 0 Å². The molecular formula is C14H14O5. The Bertz CT molecular complexity index is 519. The van der Waals surface area contributed by atoms with Crippen LogP contribution < -0.4 is 9.47 Å². The van der Waals surface area contributed by atoms with Crippen LogP contribution in [0.15, 0.2) is 18.2 Å². The minimum atomic E-state index is -0.299. The molecule has 1 aromatic rings. The number of benzene rings is 1. The third kappa shape index (κ3) is 3.13. The van der Waals surface area contributed by atoms with Gasteiger partial charge < -0.3 is 14.2 Å². The van der Waals surface area contributed by atoms with Gasteiger partial charge in [-0.2, -0.15) is 0 Å². The summed E-state index contributed by atoms with van der Waals surface area (Å²) in [5.41, 5.74) is 1.17. The molecule has 0 saturated carbocycles. The lowest BCUT2D eigenvalue weighted by Crippen LogP contribution is -2.01. The molecule has 2 rings (SSSR count). The van der Waals surface area contributed by atoms with Crippen LogP contribution in [0.3, 0.4) is 0 Å². The molecule has 5 nitrogen and oxygen atoms in total. The maximum Gasteiger partial charge on any atom is 0.309 e. The van der Waals surface area contributed by atoms with Gasteiger partial charge in [0.05, 0.1) is 13.0 Å². The molecule has 5 heteroatoms. The number of fused-ring (bicyclic) bond motifs is 1. The summed E-state index contributed by atoms with van der Waals surface area (Å²) in [5, 5.41) is 0. The molecule has 1 aliphatic heterocycles. The number of aldehydes is 1. The molecule has 0 amide bonds. The van der Waals surface area contributed by atoms with Crippen molar-refractivity contribution in [2.24, 2.45) is 0 Å². The highest BCUT2D eigenvalue weighted by atomic mass is 16.7. The van der Waals surface area contributed by atoms with Crippen LogP contribution in [0.5, 0.6) is 11.5 Å². The normalized spacial score (nSPS) is 12.7. The van der Waals surface area contributed by atoms with Gasteiger partial charge in [-0.1, -0.05) is 12.2 Å². The number of carbonyl (C=O) groups is 2. The third-order valence-electron chi connectivity index (χ3n) is 2.59. The molecule has 0 saturated heterocycles. The Hall–Kier alpha value is -2.30. The SMILES string of the molecule is CCOC(=O)CC=Cc1cc2c(cc1C=O)OCO2. The first-order valence-corrected chi connectivity index (χ1v) is 5.95. The standard InChI is InChI=1S/C14H14O5/c1-2-17-14(16)5-3-4-10-6-12-13(19-9-18-12)7-11(10)8-15/h3-4,6-8H,2,5,9H2,1H3. The monoisotopic (exact) mass is 262 g/mol. The van der Waals surface area contributed by atoms with E-state index in [2.05, 4.69) is 0 Å². The lowest BCUT2D eigenvalue weighted by atomic mass is 10.1. The van der Waals surface area contributed by atoms with Gasteiger partial charge in [-0.25, -0.2) is 0 Å². The quantitative estimate of drug-likeness (QED) is 0.601. The topological polar surface area (TPSA) is 61.8 Å². The van der Waals surface area contributed by atoms with Crippen LogP contribution in [-0.2, 0) is 9.53 Å². The van der Waals surface area contributed by atoms with Gasteiger partial charge >= 0.3 is 5.97 Å². The summed E-state index contributed by atoms with van der Waals surface area (Å²) >= 11 is 0. The van der Waals surface area contributed by atoms with E-state index in [0.717, 1.165) is 6.29 Å². The zero-order valence-electron chi connectivity index (χ0n) is 10.5. The van der Waals surface area contributed by atoms with E-state index in [4.69, 9.17) is 14.2 Å². The zero-order valence-corrected chi connectivity index (χ0v) is 10.5. The van der Waals surface area contributed by atoms with Gasteiger partial charge in [0.25, 0.3) is 0 Å². The Labute approximate surface area is 110 Å². The Morgan fingerprint density at radius 2 is 2.00 bits per heavy atom. The van der Waals surface area contributed by atoms with Crippen LogP contribution in [0, 0.1) is 0 Å². The summed E-state index contributed by atoms with van der Waals surface area (Å²) < 4.78 is 15.2. The Balaban J connectivity index is 2.13. The van der Waals surface area contributed by atoms with Gasteiger partial charge in [0, 0.05) is 5.56 Å². The van der Waals surface area contributed by atoms with Crippen molar-refractivity contribution in [1.82, 2.24) is 0 Å². The van der Waals surface area contributed by atoms with Crippen molar-refractivity contribution in [2.45, 2.75) is 13.3 Å². The van der Waals surface area contributed by atoms with Gasteiger partial charge in [-0.3, -0.25) is 9.59 Å². The Morgan fingerprint density at radius 3 is 2.63 bits per heavy atom. The molecule has 1 aromatic carbocycles. The van der Waals surface area contributed by atoms with Crippen molar-refractivity contribution >= 4 is 18.3 Å². The second-order valence-electron chi connectivity index (χ2n) is 3.86. The van der Waals surface area contributed by atoms with Crippen molar-refractivity contribution in [3.05, 3.63) is 29.3 Å². The van der Waals surface area contributed by atoms with E-state index in [1.54, 1.807) is 31.2 Å². The molecule has 0 aliphatic carbocycles. The first-order valence-electron chi connectivity index (χ1n) is 5.95. The second kappa shape index (κ2) is 6.04. The van der Waals surface area contributed by atoms with Crippen molar-refractivity contribution in [3.63, 3.8) is 0 Å². The average Bonchev–Trinajstić information content (AvgIpc) is 2.85. The Morgan fingerprint density at radius 1 is 1.32 bits per heavy atom. The first kappa shape index (κ1) is 13.1. The summed E-state index contributed by atoms with van der Waals surface area (Å²) in [6.45, 7) is 2.27. The van der Waals surface area contributed by atoms with Crippen molar-refractivity contribution in [3.8, 4) is 11.5 Å². The molecule has 0 N–H and O–H groups in total. The van der Waals surface area contributed by atoms with Gasteiger partial charge in [0.15, 0.2) is 17.8 Å². The first-order chi connectivity index (χ1) is 9.24. The minimum absolute atomic E-state index is 0.156. The van der Waals surface area contributed by atoms with Gasteiger partial charge in [-0.05, 0) is 24.6 Å². The third-order valence-corrected chi connectivity index (χ3v) is 2.59. The maximum atomic E-state index is 11.2. The molecule has 0 bridgehead atoms. The lowest BCUT2D eigenvalue weighted by molar-refractivity contribution is -0.142. The highest BCUT2D eigenvalue weighted by Crippen LogP contribution is 2.34. The molecule has 1 heterocycles. The fraction of sp³-hybridized carbons (Fsp3) is 0.286. The van der Waals surface area contributed by atoms with E-state index in [-0.39, 0.29) is 19.2 Å². The molecule has 1 aliphatic rings. The van der Waals surface area contributed by atoms with Gasteiger partial charge in [0.1, 0.15) is 0 Å². The van der Waals surface area contributed by atoms with Crippen LogP contribution in [-0.4, -0.2) is 25.7 Å². The summed E-state index contributed by atoms with van der Waals surface area (Å²) in [4.78, 5) is 22.2. The van der Waals surface area contributed by atoms with E-state index in [9.17, 15) is 9.59 Å². The molecular weight excluding hydrogens is 248 g/mol. The van der Waals surface area contributed by atoms with Gasteiger partial charge in [-0.15, -0.1) is 0 Å². The number of carbonyl (C=O) groups excluding carboxylic acids is 2. The van der Waals surface area contributed by atoms with E-state index < -0.39 is 0 Å². The van der Waals surface area contributed by atoms with Crippen LogP contribution >= 0.6 is 0 Å². The predicted octanol–water partition coefficient (Wildman–Crippen LogP) is 2.19. The fourth-order valence-corrected chi connectivity index (χ4v) is 1.72. The fourth-order valence-electron chi connectivity index (χ4n) is 1.72. The van der Waals surface area contributed by atoms with Crippen molar-refractivity contribution < 1.29 is 23.8 Å². The largest absolute Gasteiger partial charge is 0.466 e. The van der Waals surface area contributed by atoms with Crippen LogP contribution in [0.25, 0.3) is 6.08 Å². The number of hydrogen-bond donors (Lipinski definition) is 0. The van der Waals surface area contributed by atoms with Crippen molar-refractivity contribution in [2.75, 3.05) is 13.4 Å². The number of ether oxygens (including phenoxy) is 3. The number of hydrogen-bond acceptors (Lipinski definition) is 5. The molecule has 0 atom stereocenters. The highest BCUT2D eigenvalue weighted by Gasteiger charge is 2.15. The van der Waals surface area contributed by atoms with Crippen molar-refractivity contribution in [1.29, 1.82) is 0 Å². The summed E-state index contributed by atoms with van der Waals surface area (Å²) in [6, 6.07) is 3.34. The van der Waals surface area contributed by atoms with Crippen LogP contribution in [0.2, 0.25) is 0 Å². The van der Waals surface area contributed by atoms with Gasteiger partial charge in [0.2, 0.25) is 6.79 Å². The molecule has 0 aromatic heterocycles. The minimum Gasteiger partial charge on any atom is -0.466 e. The van der Waals surface area contributed by atoms with E-state index >= 15 is 0 Å². The van der Waals surface area contributed by atoms with Crippen LogP contribution in [0.4, 0.5) is 0 Å². The molecule has 0 unspecified atom stereocenters. The summed E-state index contributed by atoms with van der Waals surface area (Å²) in [6.07, 6.45) is 4.26. The summed E-state index contributed by atoms with van der Waals surface area (Å²) in [7, 11) is 0. The average molecular weight is 262 g/mol.